The minimum atomic E-state index is -4.88. The van der Waals surface area contributed by atoms with Gasteiger partial charge < -0.3 is 25.0 Å². The molecule has 54 heavy (non-hydrogen) atoms. The third-order valence-electron chi connectivity index (χ3n) is 7.91. The second-order valence-electron chi connectivity index (χ2n) is 13.2. The molecule has 3 rings (SSSR count). The van der Waals surface area contributed by atoms with Gasteiger partial charge in [0.15, 0.2) is 0 Å². The summed E-state index contributed by atoms with van der Waals surface area (Å²) in [6, 6.07) is 13.7. The predicted molar refractivity (Wildman–Crippen MR) is 187 cm³/mol. The van der Waals surface area contributed by atoms with Gasteiger partial charge >= 0.3 is 24.4 Å². The molecule has 19 heteroatoms. The van der Waals surface area contributed by atoms with Gasteiger partial charge in [-0.25, -0.2) is 14.6 Å². The normalized spacial score (nSPS) is 16.5. The Morgan fingerprint density at radius 2 is 1.43 bits per heavy atom. The Morgan fingerprint density at radius 3 is 1.98 bits per heavy atom. The number of anilines is 1. The molecule has 0 fully saturated rings. The highest BCUT2D eigenvalue weighted by Crippen LogP contribution is 2.34. The van der Waals surface area contributed by atoms with Gasteiger partial charge in [-0.15, -0.1) is 0 Å². The topological polar surface area (TPSA) is 155 Å². The van der Waals surface area contributed by atoms with Gasteiger partial charge in [-0.2, -0.15) is 26.3 Å². The van der Waals surface area contributed by atoms with Crippen LogP contribution in [0, 0.1) is 11.8 Å². The number of nitrogens with zero attached hydrogens (tertiary/aromatic N) is 2. The Hall–Kier alpha value is -4.81. The van der Waals surface area contributed by atoms with Crippen molar-refractivity contribution in [3.63, 3.8) is 0 Å². The minimum absolute atomic E-state index is 0.240. The highest BCUT2D eigenvalue weighted by molar-refractivity contribution is 7.98. The Balaban J connectivity index is 1.96. The van der Waals surface area contributed by atoms with Crippen molar-refractivity contribution in [2.24, 2.45) is 16.8 Å². The van der Waals surface area contributed by atoms with Gasteiger partial charge in [0.25, 0.3) is 5.91 Å². The minimum Gasteiger partial charge on any atom is -0.467 e. The molecule has 1 aliphatic rings. The molecule has 0 saturated heterocycles. The lowest BCUT2D eigenvalue weighted by atomic mass is 9.83. The number of methoxy groups -OCH3 is 1. The zero-order valence-corrected chi connectivity index (χ0v) is 30.8. The summed E-state index contributed by atoms with van der Waals surface area (Å²) in [6.07, 6.45) is -18.1. The number of alkyl carbamates (subject to hydrolysis) is 1. The molecule has 1 aliphatic heterocycles. The molecule has 2 aromatic rings. The fraction of sp³-hybridized carbons (Fsp3) is 0.486. The van der Waals surface area contributed by atoms with Crippen LogP contribution >= 0.6 is 11.9 Å². The standard InChI is InChI=1S/C35H41F6N5O7S/c1-33(2,3)53-32(51)42-24(31(50)52-5)19-54-45-29(48)22(16-18-35(39,40)41)21(15-17-34(36,37)38)28(47)44-27-30(49)46(4)25-14-10-9-13-23(25)26(43-27)20-11-7-6-8-12-20/h6-14,21-22,24,27H,15-19H2,1-5H3,(H,42,51)(H,44,47)(H,45,48)/t21-,22+,24+,27-/m1/s1. The number of nitrogens with one attached hydrogen (secondary N) is 3. The van der Waals surface area contributed by atoms with Gasteiger partial charge in [-0.1, -0.05) is 48.5 Å². The summed E-state index contributed by atoms with van der Waals surface area (Å²) >= 11 is 0.429. The van der Waals surface area contributed by atoms with Crippen LogP contribution in [0.4, 0.5) is 36.8 Å². The third-order valence-corrected chi connectivity index (χ3v) is 8.75. The van der Waals surface area contributed by atoms with Crippen molar-refractivity contribution in [1.29, 1.82) is 0 Å². The molecule has 0 bridgehead atoms. The summed E-state index contributed by atoms with van der Waals surface area (Å²) in [6.45, 7) is 4.66. The molecule has 0 saturated carbocycles. The lowest BCUT2D eigenvalue weighted by molar-refractivity contribution is -0.152. The number of carbonyl (C=O) groups excluding carboxylic acids is 5. The van der Waals surface area contributed by atoms with Gasteiger partial charge in [0, 0.05) is 42.7 Å². The van der Waals surface area contributed by atoms with Gasteiger partial charge in [-0.05, 0) is 51.6 Å². The molecule has 4 atom stereocenters. The fourth-order valence-electron chi connectivity index (χ4n) is 5.39. The first-order chi connectivity index (χ1) is 25.1. The number of rotatable bonds is 14. The highest BCUT2D eigenvalue weighted by Gasteiger charge is 2.42. The number of amides is 4. The Labute approximate surface area is 311 Å². The molecule has 0 radical (unpaired) electrons. The first-order valence-electron chi connectivity index (χ1n) is 16.5. The molecule has 12 nitrogen and oxygen atoms in total. The number of hydrogen-bond donors (Lipinski definition) is 3. The van der Waals surface area contributed by atoms with E-state index in [-0.39, 0.29) is 5.71 Å². The van der Waals surface area contributed by atoms with Crippen LogP contribution in [-0.2, 0) is 28.7 Å². The zero-order valence-electron chi connectivity index (χ0n) is 30.0. The van der Waals surface area contributed by atoms with Crippen molar-refractivity contribution < 1.29 is 59.8 Å². The lowest BCUT2D eigenvalue weighted by Gasteiger charge is -2.28. The zero-order chi connectivity index (χ0) is 40.4. The van der Waals surface area contributed by atoms with E-state index in [1.165, 1.54) is 11.9 Å². The van der Waals surface area contributed by atoms with Crippen molar-refractivity contribution in [2.75, 3.05) is 24.8 Å². The molecule has 4 amide bonds. The summed E-state index contributed by atoms with van der Waals surface area (Å²) in [5.74, 6) is -8.88. The van der Waals surface area contributed by atoms with Crippen molar-refractivity contribution >= 4 is 53.1 Å². The molecule has 0 aromatic heterocycles. The van der Waals surface area contributed by atoms with Crippen LogP contribution in [0.25, 0.3) is 0 Å². The van der Waals surface area contributed by atoms with E-state index in [0.29, 0.717) is 28.8 Å². The highest BCUT2D eigenvalue weighted by atomic mass is 32.2. The number of aliphatic imine (C=N–C) groups is 1. The van der Waals surface area contributed by atoms with Crippen LogP contribution in [0.3, 0.4) is 0 Å². The van der Waals surface area contributed by atoms with Gasteiger partial charge in [-0.3, -0.25) is 19.1 Å². The summed E-state index contributed by atoms with van der Waals surface area (Å²) in [5, 5.41) is 4.54. The van der Waals surface area contributed by atoms with Crippen molar-refractivity contribution in [3.05, 3.63) is 65.7 Å². The van der Waals surface area contributed by atoms with E-state index >= 15 is 0 Å². The number of likely N-dealkylation sites (N-methyl/N-ethyl adjacent to an activating group) is 1. The molecule has 0 aliphatic carbocycles. The number of benzene rings is 2. The van der Waals surface area contributed by atoms with Crippen molar-refractivity contribution in [3.8, 4) is 0 Å². The average molecular weight is 790 g/mol. The lowest BCUT2D eigenvalue weighted by Crippen LogP contribution is -2.50. The summed E-state index contributed by atoms with van der Waals surface area (Å²) in [7, 11) is 2.40. The van der Waals surface area contributed by atoms with Crippen LogP contribution in [0.2, 0.25) is 0 Å². The van der Waals surface area contributed by atoms with Crippen LogP contribution in [-0.4, -0.2) is 85.6 Å². The number of halogens is 6. The summed E-state index contributed by atoms with van der Waals surface area (Å²) in [5.41, 5.74) is 0.673. The molecule has 296 valence electrons. The van der Waals surface area contributed by atoms with E-state index in [1.54, 1.807) is 75.4 Å². The first kappa shape index (κ1) is 43.6. The fourth-order valence-corrected chi connectivity index (χ4v) is 6.15. The van der Waals surface area contributed by atoms with Crippen LogP contribution in [0.1, 0.15) is 57.6 Å². The quantitative estimate of drug-likeness (QED) is 0.125. The first-order valence-corrected chi connectivity index (χ1v) is 17.5. The van der Waals surface area contributed by atoms with E-state index in [4.69, 9.17) is 4.74 Å². The molecule has 2 aromatic carbocycles. The number of alkyl halides is 6. The Kier molecular flexibility index (Phi) is 14.9. The Bertz CT molecular complexity index is 1680. The maximum Gasteiger partial charge on any atom is 0.408 e. The number of esters is 1. The molecule has 1 heterocycles. The Morgan fingerprint density at radius 1 is 0.870 bits per heavy atom. The van der Waals surface area contributed by atoms with Crippen LogP contribution < -0.4 is 20.3 Å². The molecular weight excluding hydrogens is 748 g/mol. The maximum atomic E-state index is 13.9. The number of hydrogen-bond acceptors (Lipinski definition) is 9. The van der Waals surface area contributed by atoms with E-state index in [0.717, 1.165) is 7.11 Å². The molecular formula is C35H41F6N5O7S. The van der Waals surface area contributed by atoms with E-state index < -0.39 is 103 Å². The third kappa shape index (κ3) is 13.2. The number of para-hydroxylation sites is 1. The molecule has 0 unspecified atom stereocenters. The van der Waals surface area contributed by atoms with Gasteiger partial charge in [0.1, 0.15) is 11.6 Å². The predicted octanol–water partition coefficient (Wildman–Crippen LogP) is 5.69. The second kappa shape index (κ2) is 18.5. The number of carbonyl (C=O) groups is 5. The van der Waals surface area contributed by atoms with E-state index in [1.807, 2.05) is 0 Å². The SMILES string of the molecule is COC(=O)[C@H](CSNC(=O)[C@@H](CCC(F)(F)F)[C@@H](CCC(F)(F)F)C(=O)N[C@H]1N=C(c2ccccc2)c2ccccc2N(C)C1=O)NC(=O)OC(C)(C)C. The monoisotopic (exact) mass is 789 g/mol. The largest absolute Gasteiger partial charge is 0.467 e. The summed E-state index contributed by atoms with van der Waals surface area (Å²) in [4.78, 5) is 71.3. The van der Waals surface area contributed by atoms with Crippen LogP contribution in [0.5, 0.6) is 0 Å². The smallest absolute Gasteiger partial charge is 0.408 e. The average Bonchev–Trinajstić information content (AvgIpc) is 3.18. The maximum absolute atomic E-state index is 13.9. The van der Waals surface area contributed by atoms with E-state index in [2.05, 4.69) is 25.1 Å². The van der Waals surface area contributed by atoms with Gasteiger partial charge in [0.2, 0.25) is 18.0 Å². The molecule has 3 N–H and O–H groups in total. The number of ether oxygens (including phenoxy) is 2. The van der Waals surface area contributed by atoms with Gasteiger partial charge in [0.05, 0.1) is 24.4 Å². The van der Waals surface area contributed by atoms with Crippen molar-refractivity contribution in [1.82, 2.24) is 15.4 Å². The second-order valence-corrected chi connectivity index (χ2v) is 14.0. The van der Waals surface area contributed by atoms with E-state index in [9.17, 15) is 50.3 Å². The number of benzodiazepines with no additional fused rings is 1. The van der Waals surface area contributed by atoms with Crippen molar-refractivity contribution in [2.45, 2.75) is 76.6 Å². The molecule has 0 spiro atoms. The summed E-state index contributed by atoms with van der Waals surface area (Å²) < 4.78 is 93.1. The number of fused-ring (bicyclic) bond motifs is 1. The van der Waals surface area contributed by atoms with Crippen LogP contribution in [0.15, 0.2) is 59.6 Å².